The number of methoxy groups -OCH3 is 1. The van der Waals surface area contributed by atoms with Crippen molar-refractivity contribution < 1.29 is 9.53 Å². The first kappa shape index (κ1) is 22.8. The van der Waals surface area contributed by atoms with Crippen molar-refractivity contribution in [2.75, 3.05) is 12.9 Å². The molecule has 0 saturated heterocycles. The Morgan fingerprint density at radius 3 is 2.45 bits per heavy atom. The fraction of sp³-hybridized carbons (Fsp3) is 0.280. The number of Topliss-reactive ketones (excluding diaryl/α,β-unsaturated/α-hetero) is 1. The van der Waals surface area contributed by atoms with Gasteiger partial charge in [0.1, 0.15) is 5.75 Å². The molecule has 170 valence electrons. The number of thioether (sulfide) groups is 1. The molecule has 3 heterocycles. The van der Waals surface area contributed by atoms with Crippen molar-refractivity contribution in [3.63, 3.8) is 0 Å². The SMILES string of the molecule is CCCn1c(C)cc(C(=O)CSc2nnc(-c3ccncc3)n2-c2ccc(OC)cc2)c1C. The van der Waals surface area contributed by atoms with E-state index in [1.54, 1.807) is 19.5 Å². The summed E-state index contributed by atoms with van der Waals surface area (Å²) in [5.74, 6) is 1.83. The quantitative estimate of drug-likeness (QED) is 0.254. The number of rotatable bonds is 9. The van der Waals surface area contributed by atoms with Gasteiger partial charge in [-0.1, -0.05) is 18.7 Å². The number of benzene rings is 1. The average molecular weight is 462 g/mol. The lowest BCUT2D eigenvalue weighted by Crippen LogP contribution is -2.07. The van der Waals surface area contributed by atoms with Crippen molar-refractivity contribution >= 4 is 17.5 Å². The van der Waals surface area contributed by atoms with Crippen LogP contribution in [0, 0.1) is 13.8 Å². The lowest BCUT2D eigenvalue weighted by molar-refractivity contribution is 0.102. The third-order valence-corrected chi connectivity index (χ3v) is 6.49. The highest BCUT2D eigenvalue weighted by molar-refractivity contribution is 7.99. The summed E-state index contributed by atoms with van der Waals surface area (Å²) in [4.78, 5) is 17.2. The number of ether oxygens (including phenoxy) is 1. The van der Waals surface area contributed by atoms with Crippen LogP contribution in [0.3, 0.4) is 0 Å². The molecule has 0 radical (unpaired) electrons. The fourth-order valence-corrected chi connectivity index (χ4v) is 4.71. The van der Waals surface area contributed by atoms with Gasteiger partial charge in [0.05, 0.1) is 12.9 Å². The molecule has 0 saturated carbocycles. The lowest BCUT2D eigenvalue weighted by atomic mass is 10.2. The fourth-order valence-electron chi connectivity index (χ4n) is 3.87. The van der Waals surface area contributed by atoms with Crippen molar-refractivity contribution in [1.82, 2.24) is 24.3 Å². The third kappa shape index (κ3) is 4.71. The molecular formula is C25H27N5O2S. The lowest BCUT2D eigenvalue weighted by Gasteiger charge is -2.11. The van der Waals surface area contributed by atoms with E-state index in [0.717, 1.165) is 46.9 Å². The van der Waals surface area contributed by atoms with Gasteiger partial charge in [-0.2, -0.15) is 0 Å². The van der Waals surface area contributed by atoms with E-state index >= 15 is 0 Å². The summed E-state index contributed by atoms with van der Waals surface area (Å²) in [5, 5.41) is 9.51. The van der Waals surface area contributed by atoms with Gasteiger partial charge in [0.15, 0.2) is 16.8 Å². The molecule has 33 heavy (non-hydrogen) atoms. The maximum atomic E-state index is 13.1. The Kier molecular flexibility index (Phi) is 6.93. The molecule has 0 aliphatic carbocycles. The van der Waals surface area contributed by atoms with Gasteiger partial charge in [0.2, 0.25) is 0 Å². The topological polar surface area (TPSA) is 74.8 Å². The molecule has 0 atom stereocenters. The van der Waals surface area contributed by atoms with Crippen molar-refractivity contribution in [3.05, 3.63) is 71.8 Å². The van der Waals surface area contributed by atoms with E-state index < -0.39 is 0 Å². The number of hydrogen-bond donors (Lipinski definition) is 0. The van der Waals surface area contributed by atoms with E-state index in [0.29, 0.717) is 11.0 Å². The van der Waals surface area contributed by atoms with Gasteiger partial charge in [0.25, 0.3) is 0 Å². The number of aryl methyl sites for hydroxylation is 1. The minimum absolute atomic E-state index is 0.0881. The van der Waals surface area contributed by atoms with Crippen molar-refractivity contribution in [1.29, 1.82) is 0 Å². The molecule has 4 aromatic rings. The van der Waals surface area contributed by atoms with E-state index in [1.807, 2.05) is 60.9 Å². The Morgan fingerprint density at radius 1 is 1.06 bits per heavy atom. The summed E-state index contributed by atoms with van der Waals surface area (Å²) in [7, 11) is 1.64. The number of carbonyl (C=O) groups excluding carboxylic acids is 1. The van der Waals surface area contributed by atoms with Gasteiger partial charge in [-0.3, -0.25) is 14.3 Å². The molecule has 0 unspecified atom stereocenters. The average Bonchev–Trinajstić information content (AvgIpc) is 3.40. The Balaban J connectivity index is 1.65. The van der Waals surface area contributed by atoms with Crippen LogP contribution in [-0.2, 0) is 6.54 Å². The first-order valence-electron chi connectivity index (χ1n) is 10.9. The van der Waals surface area contributed by atoms with Gasteiger partial charge >= 0.3 is 0 Å². The van der Waals surface area contributed by atoms with Gasteiger partial charge in [0, 0.05) is 47.1 Å². The molecule has 0 bridgehead atoms. The summed E-state index contributed by atoms with van der Waals surface area (Å²) >= 11 is 1.39. The summed E-state index contributed by atoms with van der Waals surface area (Å²) in [6.07, 6.45) is 4.48. The molecule has 4 rings (SSSR count). The van der Waals surface area contributed by atoms with E-state index in [2.05, 4.69) is 26.7 Å². The first-order chi connectivity index (χ1) is 16.0. The maximum Gasteiger partial charge on any atom is 0.196 e. The Labute approximate surface area is 197 Å². The van der Waals surface area contributed by atoms with Crippen LogP contribution in [0.15, 0.2) is 60.0 Å². The molecule has 0 aliphatic rings. The molecule has 1 aromatic carbocycles. The molecule has 0 fully saturated rings. The van der Waals surface area contributed by atoms with Crippen LogP contribution in [0.4, 0.5) is 0 Å². The van der Waals surface area contributed by atoms with Crippen LogP contribution in [0.2, 0.25) is 0 Å². The minimum Gasteiger partial charge on any atom is -0.497 e. The van der Waals surface area contributed by atoms with Gasteiger partial charge in [-0.15, -0.1) is 10.2 Å². The Morgan fingerprint density at radius 2 is 1.79 bits per heavy atom. The van der Waals surface area contributed by atoms with Crippen LogP contribution in [0.25, 0.3) is 17.1 Å². The van der Waals surface area contributed by atoms with Crippen molar-refractivity contribution in [2.24, 2.45) is 0 Å². The second-order valence-corrected chi connectivity index (χ2v) is 8.67. The zero-order valence-electron chi connectivity index (χ0n) is 19.3. The van der Waals surface area contributed by atoms with Crippen LogP contribution in [0.1, 0.15) is 35.1 Å². The number of aromatic nitrogens is 5. The molecular weight excluding hydrogens is 434 g/mol. The van der Waals surface area contributed by atoms with Crippen molar-refractivity contribution in [2.45, 2.75) is 38.9 Å². The molecule has 8 heteroatoms. The zero-order valence-corrected chi connectivity index (χ0v) is 20.1. The molecule has 0 aliphatic heterocycles. The van der Waals surface area contributed by atoms with E-state index in [-0.39, 0.29) is 11.5 Å². The molecule has 0 spiro atoms. The van der Waals surface area contributed by atoms with Gasteiger partial charge in [-0.05, 0) is 62.7 Å². The first-order valence-corrected chi connectivity index (χ1v) is 11.8. The summed E-state index contributed by atoms with van der Waals surface area (Å²) in [6.45, 7) is 7.12. The third-order valence-electron chi connectivity index (χ3n) is 5.56. The standard InChI is InChI=1S/C25H27N5O2S/c1-5-14-29-17(2)15-22(18(29)3)23(31)16-33-25-28-27-24(19-10-12-26-13-11-19)30(25)20-6-8-21(32-4)9-7-20/h6-13,15H,5,14,16H2,1-4H3. The van der Waals surface area contributed by atoms with E-state index in [9.17, 15) is 4.79 Å². The van der Waals surface area contributed by atoms with Crippen LogP contribution < -0.4 is 4.74 Å². The number of nitrogens with zero attached hydrogens (tertiary/aromatic N) is 5. The predicted molar refractivity (Wildman–Crippen MR) is 130 cm³/mol. The highest BCUT2D eigenvalue weighted by Crippen LogP contribution is 2.29. The Hall–Kier alpha value is -3.39. The second-order valence-electron chi connectivity index (χ2n) is 7.72. The monoisotopic (exact) mass is 461 g/mol. The highest BCUT2D eigenvalue weighted by Gasteiger charge is 2.20. The maximum absolute atomic E-state index is 13.1. The minimum atomic E-state index is 0.0881. The van der Waals surface area contributed by atoms with Gasteiger partial charge < -0.3 is 9.30 Å². The molecule has 0 N–H and O–H groups in total. The van der Waals surface area contributed by atoms with Gasteiger partial charge in [-0.25, -0.2) is 0 Å². The highest BCUT2D eigenvalue weighted by atomic mass is 32.2. The zero-order chi connectivity index (χ0) is 23.4. The summed E-state index contributed by atoms with van der Waals surface area (Å²) < 4.78 is 9.47. The van der Waals surface area contributed by atoms with E-state index in [1.165, 1.54) is 11.8 Å². The number of ketones is 1. The largest absolute Gasteiger partial charge is 0.497 e. The number of hydrogen-bond acceptors (Lipinski definition) is 6. The second kappa shape index (κ2) is 10.0. The summed E-state index contributed by atoms with van der Waals surface area (Å²) in [5.41, 5.74) is 4.70. The molecule has 7 nitrogen and oxygen atoms in total. The van der Waals surface area contributed by atoms with E-state index in [4.69, 9.17) is 4.74 Å². The smallest absolute Gasteiger partial charge is 0.196 e. The van der Waals surface area contributed by atoms with Crippen molar-refractivity contribution in [3.8, 4) is 22.8 Å². The molecule has 0 amide bonds. The van der Waals surface area contributed by atoms with Crippen LogP contribution in [-0.4, -0.2) is 43.0 Å². The Bertz CT molecular complexity index is 1250. The molecule has 3 aromatic heterocycles. The van der Waals surface area contributed by atoms with Crippen LogP contribution in [0.5, 0.6) is 5.75 Å². The number of pyridine rings is 1. The normalized spacial score (nSPS) is 11.0. The van der Waals surface area contributed by atoms with Crippen LogP contribution >= 0.6 is 11.8 Å². The summed E-state index contributed by atoms with van der Waals surface area (Å²) in [6, 6.07) is 13.5. The predicted octanol–water partition coefficient (Wildman–Crippen LogP) is 5.14. The number of carbonyl (C=O) groups is 1.